The molecule has 0 radical (unpaired) electrons. The van der Waals surface area contributed by atoms with E-state index in [1.807, 2.05) is 49.6 Å². The first kappa shape index (κ1) is 20.4. The van der Waals surface area contributed by atoms with Gasteiger partial charge in [-0.15, -0.1) is 0 Å². The van der Waals surface area contributed by atoms with Crippen molar-refractivity contribution in [3.8, 4) is 11.4 Å². The molecule has 9 heteroatoms. The summed E-state index contributed by atoms with van der Waals surface area (Å²) in [7, 11) is 1.58. The van der Waals surface area contributed by atoms with Crippen LogP contribution in [-0.4, -0.2) is 38.6 Å². The minimum absolute atomic E-state index is 0.0400. The average molecular weight is 442 g/mol. The Kier molecular flexibility index (Phi) is 5.29. The summed E-state index contributed by atoms with van der Waals surface area (Å²) in [6.07, 6.45) is 2.44. The van der Waals surface area contributed by atoms with Gasteiger partial charge in [0.2, 0.25) is 5.17 Å². The first-order valence-corrected chi connectivity index (χ1v) is 10.6. The van der Waals surface area contributed by atoms with E-state index < -0.39 is 5.91 Å². The molecule has 154 valence electrons. The number of carbonyl (C=O) groups is 1. The molecule has 7 nitrogen and oxygen atoms in total. The second-order valence-corrected chi connectivity index (χ2v) is 8.30. The number of nitrogens with one attached hydrogen (secondary N) is 1. The molecule has 4 rings (SSSR count). The quantitative estimate of drug-likeness (QED) is 0.691. The smallest absolute Gasteiger partial charge is 0.283 e. The Morgan fingerprint density at radius 3 is 2.73 bits per heavy atom. The van der Waals surface area contributed by atoms with Gasteiger partial charge in [0.25, 0.3) is 5.91 Å². The topological polar surface area (TPSA) is 83.0 Å². The van der Waals surface area contributed by atoms with Gasteiger partial charge in [-0.05, 0) is 67.9 Å². The Labute approximate surface area is 183 Å². The van der Waals surface area contributed by atoms with Gasteiger partial charge in [-0.1, -0.05) is 18.5 Å². The van der Waals surface area contributed by atoms with Crippen LogP contribution < -0.4 is 4.74 Å². The zero-order valence-electron chi connectivity index (χ0n) is 17.0. The number of hydrazone groups is 1. The number of aromatic nitrogens is 1. The molecule has 2 aliphatic rings. The van der Waals surface area contributed by atoms with Gasteiger partial charge in [-0.25, -0.2) is 0 Å². The van der Waals surface area contributed by atoms with Gasteiger partial charge in [0, 0.05) is 17.1 Å². The second-order valence-electron chi connectivity index (χ2n) is 6.85. The number of hydrogen-bond donors (Lipinski definition) is 1. The summed E-state index contributed by atoms with van der Waals surface area (Å²) in [6.45, 7) is 5.92. The van der Waals surface area contributed by atoms with Crippen molar-refractivity contribution in [2.75, 3.05) is 7.11 Å². The van der Waals surface area contributed by atoms with Crippen LogP contribution in [-0.2, 0) is 4.79 Å². The van der Waals surface area contributed by atoms with Crippen molar-refractivity contribution in [2.45, 2.75) is 27.2 Å². The van der Waals surface area contributed by atoms with Gasteiger partial charge < -0.3 is 9.30 Å². The molecule has 0 saturated carbocycles. The molecule has 0 unspecified atom stereocenters. The molecule has 2 aromatic rings. The van der Waals surface area contributed by atoms with E-state index in [9.17, 15) is 4.79 Å². The van der Waals surface area contributed by atoms with Crippen LogP contribution in [0.2, 0.25) is 5.02 Å². The predicted octanol–water partition coefficient (Wildman–Crippen LogP) is 4.79. The molecule has 1 amide bonds. The van der Waals surface area contributed by atoms with Gasteiger partial charge in [-0.3, -0.25) is 10.2 Å². The van der Waals surface area contributed by atoms with Crippen molar-refractivity contribution in [3.63, 3.8) is 0 Å². The first-order valence-electron chi connectivity index (χ1n) is 9.36. The number of aliphatic imine (C=N–C) groups is 1. The zero-order valence-corrected chi connectivity index (χ0v) is 18.6. The van der Waals surface area contributed by atoms with E-state index in [-0.39, 0.29) is 11.4 Å². The van der Waals surface area contributed by atoms with E-state index in [2.05, 4.69) is 10.1 Å². The van der Waals surface area contributed by atoms with Crippen LogP contribution in [0, 0.1) is 19.3 Å². The minimum atomic E-state index is -0.427. The van der Waals surface area contributed by atoms with Crippen molar-refractivity contribution >= 4 is 51.4 Å². The zero-order chi connectivity index (χ0) is 21.6. The summed E-state index contributed by atoms with van der Waals surface area (Å²) >= 11 is 7.63. The molecule has 0 aliphatic carbocycles. The van der Waals surface area contributed by atoms with Crippen molar-refractivity contribution in [2.24, 2.45) is 10.1 Å². The Balaban J connectivity index is 1.74. The maximum atomic E-state index is 12.6. The van der Waals surface area contributed by atoms with E-state index in [0.717, 1.165) is 34.1 Å². The van der Waals surface area contributed by atoms with Gasteiger partial charge in [0.05, 0.1) is 17.7 Å². The molecular formula is C21H20ClN5O2S. The van der Waals surface area contributed by atoms with Crippen molar-refractivity contribution in [1.82, 2.24) is 9.58 Å². The van der Waals surface area contributed by atoms with Crippen molar-refractivity contribution < 1.29 is 9.53 Å². The Bertz CT molecular complexity index is 1180. The van der Waals surface area contributed by atoms with Gasteiger partial charge in [-0.2, -0.15) is 15.1 Å². The number of hydrogen-bond acceptors (Lipinski definition) is 5. The van der Waals surface area contributed by atoms with Gasteiger partial charge in [0.15, 0.2) is 5.84 Å². The van der Waals surface area contributed by atoms with Gasteiger partial charge >= 0.3 is 0 Å². The number of fused-ring (bicyclic) bond motifs is 1. The summed E-state index contributed by atoms with van der Waals surface area (Å²) in [4.78, 5) is 16.7. The van der Waals surface area contributed by atoms with E-state index in [4.69, 9.17) is 21.7 Å². The molecule has 3 heterocycles. The molecule has 0 spiro atoms. The lowest BCUT2D eigenvalue weighted by atomic mass is 10.1. The molecular weight excluding hydrogens is 422 g/mol. The number of halogens is 1. The van der Waals surface area contributed by atoms with E-state index in [1.54, 1.807) is 13.2 Å². The Morgan fingerprint density at radius 2 is 2.07 bits per heavy atom. The summed E-state index contributed by atoms with van der Waals surface area (Å²) in [5, 5.41) is 16.1. The molecule has 30 heavy (non-hydrogen) atoms. The number of rotatable bonds is 4. The van der Waals surface area contributed by atoms with E-state index in [0.29, 0.717) is 15.9 Å². The molecule has 2 aliphatic heterocycles. The summed E-state index contributed by atoms with van der Waals surface area (Å²) in [5.41, 5.74) is 3.83. The van der Waals surface area contributed by atoms with Crippen LogP contribution in [0.15, 0.2) is 39.9 Å². The fourth-order valence-electron chi connectivity index (χ4n) is 3.46. The monoisotopic (exact) mass is 441 g/mol. The number of thioether (sulfide) groups is 1. The maximum absolute atomic E-state index is 12.6. The third kappa shape index (κ3) is 3.36. The summed E-state index contributed by atoms with van der Waals surface area (Å²) in [5.74, 6) is 0.220. The number of amidine groups is 2. The normalized spacial score (nSPS) is 17.4. The van der Waals surface area contributed by atoms with E-state index >= 15 is 0 Å². The number of carbonyl (C=O) groups excluding carboxylic acids is 1. The van der Waals surface area contributed by atoms with Gasteiger partial charge in [0.1, 0.15) is 10.8 Å². The lowest BCUT2D eigenvalue weighted by Crippen LogP contribution is -2.35. The number of benzene rings is 1. The Morgan fingerprint density at radius 1 is 1.30 bits per heavy atom. The lowest BCUT2D eigenvalue weighted by Gasteiger charge is -2.20. The second kappa shape index (κ2) is 7.77. The largest absolute Gasteiger partial charge is 0.495 e. The number of methoxy groups -OCH3 is 1. The summed E-state index contributed by atoms with van der Waals surface area (Å²) < 4.78 is 7.28. The number of amides is 1. The lowest BCUT2D eigenvalue weighted by molar-refractivity contribution is -0.114. The highest BCUT2D eigenvalue weighted by molar-refractivity contribution is 8.26. The maximum Gasteiger partial charge on any atom is 0.283 e. The third-order valence-electron chi connectivity index (χ3n) is 4.96. The van der Waals surface area contributed by atoms with E-state index in [1.165, 1.54) is 16.8 Å². The highest BCUT2D eigenvalue weighted by atomic mass is 35.5. The van der Waals surface area contributed by atoms with Crippen molar-refractivity contribution in [1.29, 1.82) is 5.41 Å². The number of aryl methyl sites for hydroxylation is 1. The van der Waals surface area contributed by atoms with Crippen LogP contribution in [0.5, 0.6) is 5.75 Å². The molecule has 0 fully saturated rings. The minimum Gasteiger partial charge on any atom is -0.495 e. The predicted molar refractivity (Wildman–Crippen MR) is 122 cm³/mol. The highest BCUT2D eigenvalue weighted by Gasteiger charge is 2.35. The van der Waals surface area contributed by atoms with Crippen LogP contribution >= 0.6 is 23.4 Å². The highest BCUT2D eigenvalue weighted by Crippen LogP contribution is 2.32. The standard InChI is InChI=1S/C21H20ClN5O2S/c1-5-18-25-27-19(23)15(20(28)24-21(27)30-18)9-13-8-11(2)26(12(13)3)14-6-7-17(29-4)16(22)10-14/h6-10,23H,5H2,1-4H3/b15-9-,23-19?. The first-order chi connectivity index (χ1) is 14.3. The average Bonchev–Trinajstić information content (AvgIpc) is 3.25. The molecule has 0 saturated heterocycles. The fraction of sp³-hybridized carbons (Fsp3) is 0.238. The fourth-order valence-corrected chi connectivity index (χ4v) is 4.53. The third-order valence-corrected chi connectivity index (χ3v) is 6.31. The summed E-state index contributed by atoms with van der Waals surface area (Å²) in [6, 6.07) is 7.55. The van der Waals surface area contributed by atoms with Crippen molar-refractivity contribution in [3.05, 3.63) is 51.8 Å². The molecule has 1 aromatic carbocycles. The molecule has 1 N–H and O–H groups in total. The number of nitrogens with zero attached hydrogens (tertiary/aromatic N) is 4. The van der Waals surface area contributed by atoms with Crippen LogP contribution in [0.3, 0.4) is 0 Å². The van der Waals surface area contributed by atoms with Crippen LogP contribution in [0.1, 0.15) is 30.3 Å². The van der Waals surface area contributed by atoms with Crippen LogP contribution in [0.4, 0.5) is 0 Å². The molecule has 0 atom stereocenters. The van der Waals surface area contributed by atoms with Crippen LogP contribution in [0.25, 0.3) is 11.8 Å². The Hall–Kier alpha value is -2.84. The molecule has 1 aromatic heterocycles. The SMILES string of the molecule is CCC1=NN2C(=N)/C(=C/c3cc(C)n(-c4ccc(OC)c(Cl)c4)c3C)C(=O)N=C2S1. The number of ether oxygens (including phenoxy) is 1. The molecule has 0 bridgehead atoms.